The average Bonchev–Trinajstić information content (AvgIpc) is 3.18. The molecule has 6 nitrogen and oxygen atoms in total. The van der Waals surface area contributed by atoms with Gasteiger partial charge in [-0.15, -0.1) is 24.0 Å². The lowest BCUT2D eigenvalue weighted by molar-refractivity contribution is 0.378. The summed E-state index contributed by atoms with van der Waals surface area (Å²) in [5.74, 6) is 1.40. The number of hydrogen-bond donors (Lipinski definition) is 2. The smallest absolute Gasteiger partial charge is 0.228 e. The molecule has 3 rings (SSSR count). The number of nitrogens with one attached hydrogen (secondary N) is 2. The van der Waals surface area contributed by atoms with E-state index in [1.54, 1.807) is 32.2 Å². The van der Waals surface area contributed by atoms with Crippen molar-refractivity contribution in [2.45, 2.75) is 26.3 Å². The summed E-state index contributed by atoms with van der Waals surface area (Å²) in [5, 5.41) is 11.1. The minimum atomic E-state index is -0.217. The first-order valence-corrected chi connectivity index (χ1v) is 9.66. The summed E-state index contributed by atoms with van der Waals surface area (Å²) in [6, 6.07) is 12.4. The van der Waals surface area contributed by atoms with Crippen molar-refractivity contribution in [3.8, 4) is 11.4 Å². The van der Waals surface area contributed by atoms with Gasteiger partial charge in [0.15, 0.2) is 5.96 Å². The third kappa shape index (κ3) is 6.40. The number of halogens is 3. The maximum Gasteiger partial charge on any atom is 0.228 e. The van der Waals surface area contributed by atoms with Crippen LogP contribution in [0, 0.1) is 12.7 Å². The molecule has 0 bridgehead atoms. The number of nitrogens with zero attached hydrogens (tertiary/aromatic N) is 3. The molecular formula is C21H24ClFIN5O. The molecule has 1 unspecified atom stereocenters. The molecule has 30 heavy (non-hydrogen) atoms. The van der Waals surface area contributed by atoms with Gasteiger partial charge >= 0.3 is 0 Å². The summed E-state index contributed by atoms with van der Waals surface area (Å²) in [4.78, 5) is 8.60. The Morgan fingerprint density at radius 1 is 1.27 bits per heavy atom. The van der Waals surface area contributed by atoms with E-state index in [4.69, 9.17) is 16.1 Å². The fourth-order valence-corrected chi connectivity index (χ4v) is 2.94. The van der Waals surface area contributed by atoms with Gasteiger partial charge in [0.1, 0.15) is 5.82 Å². The third-order valence-corrected chi connectivity index (χ3v) is 4.69. The molecular weight excluding hydrogens is 520 g/mol. The highest BCUT2D eigenvalue weighted by Crippen LogP contribution is 2.20. The monoisotopic (exact) mass is 543 g/mol. The maximum atomic E-state index is 13.8. The van der Waals surface area contributed by atoms with E-state index < -0.39 is 0 Å². The number of aliphatic imine (C=N–C) groups is 1. The third-order valence-electron chi connectivity index (χ3n) is 4.45. The molecule has 0 fully saturated rings. The molecule has 0 aliphatic rings. The van der Waals surface area contributed by atoms with E-state index in [0.29, 0.717) is 41.2 Å². The van der Waals surface area contributed by atoms with Gasteiger partial charge in [-0.2, -0.15) is 4.98 Å². The molecule has 3 aromatic rings. The van der Waals surface area contributed by atoms with E-state index >= 15 is 0 Å². The van der Waals surface area contributed by atoms with Gasteiger partial charge in [-0.25, -0.2) is 4.39 Å². The molecule has 1 heterocycles. The van der Waals surface area contributed by atoms with Crippen LogP contribution >= 0.6 is 35.6 Å². The number of benzene rings is 2. The van der Waals surface area contributed by atoms with Gasteiger partial charge in [-0.3, -0.25) is 4.99 Å². The Morgan fingerprint density at radius 2 is 2.07 bits per heavy atom. The second-order valence-corrected chi connectivity index (χ2v) is 7.08. The van der Waals surface area contributed by atoms with Crippen molar-refractivity contribution in [3.63, 3.8) is 0 Å². The largest absolute Gasteiger partial charge is 0.356 e. The van der Waals surface area contributed by atoms with Gasteiger partial charge in [0, 0.05) is 30.6 Å². The molecule has 0 aliphatic carbocycles. The normalized spacial score (nSPS) is 12.2. The Morgan fingerprint density at radius 3 is 2.77 bits per heavy atom. The highest BCUT2D eigenvalue weighted by molar-refractivity contribution is 14.0. The number of rotatable bonds is 6. The molecule has 1 atom stereocenters. The van der Waals surface area contributed by atoms with Crippen molar-refractivity contribution in [1.82, 2.24) is 20.8 Å². The first-order valence-electron chi connectivity index (χ1n) is 9.28. The van der Waals surface area contributed by atoms with Crippen LogP contribution in [0.4, 0.5) is 4.39 Å². The second kappa shape index (κ2) is 11.3. The number of hydrogen-bond acceptors (Lipinski definition) is 4. The highest BCUT2D eigenvalue weighted by atomic mass is 127. The summed E-state index contributed by atoms with van der Waals surface area (Å²) in [6.07, 6.45) is 0.530. The first kappa shape index (κ1) is 24.1. The van der Waals surface area contributed by atoms with Gasteiger partial charge in [-0.1, -0.05) is 41.0 Å². The molecule has 9 heteroatoms. The SMILES string of the molecule is CN=C(NCCc1nc(-c2cccc(Cl)c2)no1)NC(C)c1ccc(C)c(F)c1.I. The summed E-state index contributed by atoms with van der Waals surface area (Å²) in [5.41, 5.74) is 2.27. The zero-order valence-electron chi connectivity index (χ0n) is 16.9. The van der Waals surface area contributed by atoms with E-state index in [1.807, 2.05) is 25.1 Å². The molecule has 1 aromatic heterocycles. The molecule has 0 aliphatic heterocycles. The summed E-state index contributed by atoms with van der Waals surface area (Å²) >= 11 is 6.00. The van der Waals surface area contributed by atoms with Crippen LogP contribution in [0.15, 0.2) is 52.0 Å². The van der Waals surface area contributed by atoms with E-state index in [9.17, 15) is 4.39 Å². The molecule has 0 saturated carbocycles. The van der Waals surface area contributed by atoms with E-state index in [-0.39, 0.29) is 35.8 Å². The van der Waals surface area contributed by atoms with Crippen LogP contribution < -0.4 is 10.6 Å². The molecule has 0 amide bonds. The zero-order chi connectivity index (χ0) is 20.8. The molecule has 0 spiro atoms. The van der Waals surface area contributed by atoms with Crippen LogP contribution in [0.3, 0.4) is 0 Å². The molecule has 2 aromatic carbocycles. The Balaban J connectivity index is 0.00000320. The van der Waals surface area contributed by atoms with Crippen molar-refractivity contribution in [3.05, 3.63) is 70.3 Å². The maximum absolute atomic E-state index is 13.8. The molecule has 160 valence electrons. The minimum absolute atomic E-state index is 0. The number of guanidine groups is 1. The Hall–Kier alpha value is -2.20. The van der Waals surface area contributed by atoms with E-state index in [2.05, 4.69) is 25.8 Å². The lowest BCUT2D eigenvalue weighted by atomic mass is 10.1. The lowest BCUT2D eigenvalue weighted by Crippen LogP contribution is -2.39. The van der Waals surface area contributed by atoms with Gasteiger partial charge in [-0.05, 0) is 43.2 Å². The minimum Gasteiger partial charge on any atom is -0.356 e. The zero-order valence-corrected chi connectivity index (χ0v) is 20.0. The van der Waals surface area contributed by atoms with Crippen molar-refractivity contribution in [1.29, 1.82) is 0 Å². The summed E-state index contributed by atoms with van der Waals surface area (Å²) in [7, 11) is 1.68. The highest BCUT2D eigenvalue weighted by Gasteiger charge is 2.11. The Bertz CT molecular complexity index is 1010. The van der Waals surface area contributed by atoms with Crippen LogP contribution in [0.1, 0.15) is 30.0 Å². The predicted octanol–water partition coefficient (Wildman–Crippen LogP) is 4.92. The molecule has 2 N–H and O–H groups in total. The van der Waals surface area contributed by atoms with Crippen molar-refractivity contribution in [2.75, 3.05) is 13.6 Å². The first-order chi connectivity index (χ1) is 14.0. The summed E-state index contributed by atoms with van der Waals surface area (Å²) < 4.78 is 19.1. The quantitative estimate of drug-likeness (QED) is 0.262. The van der Waals surface area contributed by atoms with Crippen molar-refractivity contribution >= 4 is 41.5 Å². The number of aryl methyl sites for hydroxylation is 1. The van der Waals surface area contributed by atoms with E-state index in [1.165, 1.54) is 6.07 Å². The molecule has 0 radical (unpaired) electrons. The van der Waals surface area contributed by atoms with Gasteiger partial charge in [0.05, 0.1) is 6.04 Å². The fraction of sp³-hybridized carbons (Fsp3) is 0.286. The van der Waals surface area contributed by atoms with Crippen LogP contribution in [-0.2, 0) is 6.42 Å². The summed E-state index contributed by atoms with van der Waals surface area (Å²) in [6.45, 7) is 4.24. The van der Waals surface area contributed by atoms with Gasteiger partial charge < -0.3 is 15.2 Å². The molecule has 0 saturated heterocycles. The van der Waals surface area contributed by atoms with Crippen molar-refractivity contribution < 1.29 is 8.91 Å². The predicted molar refractivity (Wildman–Crippen MR) is 128 cm³/mol. The van der Waals surface area contributed by atoms with Crippen LogP contribution in [-0.4, -0.2) is 29.7 Å². The Labute approximate surface area is 197 Å². The Kier molecular flexibility index (Phi) is 9.04. The van der Waals surface area contributed by atoms with Crippen LogP contribution in [0.25, 0.3) is 11.4 Å². The number of aromatic nitrogens is 2. The lowest BCUT2D eigenvalue weighted by Gasteiger charge is -2.18. The second-order valence-electron chi connectivity index (χ2n) is 6.65. The van der Waals surface area contributed by atoms with Crippen LogP contribution in [0.2, 0.25) is 5.02 Å². The van der Waals surface area contributed by atoms with E-state index in [0.717, 1.165) is 11.1 Å². The van der Waals surface area contributed by atoms with Crippen LogP contribution in [0.5, 0.6) is 0 Å². The van der Waals surface area contributed by atoms with Gasteiger partial charge in [0.2, 0.25) is 11.7 Å². The van der Waals surface area contributed by atoms with Gasteiger partial charge in [0.25, 0.3) is 0 Å². The average molecular weight is 544 g/mol. The van der Waals surface area contributed by atoms with Crippen molar-refractivity contribution in [2.24, 2.45) is 4.99 Å². The standard InChI is InChI=1S/C21H23ClFN5O.HI/c1-13-7-8-15(12-18(13)23)14(2)26-21(24-3)25-10-9-19-27-20(28-29-19)16-5-4-6-17(22)11-16;/h4-8,11-12,14H,9-10H2,1-3H3,(H2,24,25,26);1H. The topological polar surface area (TPSA) is 75.3 Å². The fourth-order valence-electron chi connectivity index (χ4n) is 2.75.